The van der Waals surface area contributed by atoms with Crippen LogP contribution in [0.1, 0.15) is 73.1 Å². The molecule has 2 saturated heterocycles. The number of nitrogens with one attached hydrogen (secondary N) is 1. The summed E-state index contributed by atoms with van der Waals surface area (Å²) in [5.74, 6) is -4.46. The van der Waals surface area contributed by atoms with Crippen LogP contribution in [0.15, 0.2) is 36.4 Å². The van der Waals surface area contributed by atoms with Crippen molar-refractivity contribution in [2.75, 3.05) is 13.2 Å². The van der Waals surface area contributed by atoms with Crippen LogP contribution in [0.3, 0.4) is 0 Å². The zero-order chi connectivity index (χ0) is 28.7. The van der Waals surface area contributed by atoms with Gasteiger partial charge in [0, 0.05) is 23.1 Å². The number of carbonyl (C=O) groups excluding carboxylic acids is 2. The lowest BCUT2D eigenvalue weighted by Crippen LogP contribution is -2.52. The average Bonchev–Trinajstić information content (AvgIpc) is 3.26. The number of halogens is 5. The second-order valence-electron chi connectivity index (χ2n) is 10.6. The van der Waals surface area contributed by atoms with Gasteiger partial charge in [0.25, 0.3) is 5.91 Å². The molecule has 0 saturated carbocycles. The molecule has 2 heterocycles. The van der Waals surface area contributed by atoms with E-state index in [1.807, 2.05) is 6.92 Å². The van der Waals surface area contributed by atoms with Crippen molar-refractivity contribution in [3.05, 3.63) is 70.3 Å². The molecule has 4 rings (SSSR count). The summed E-state index contributed by atoms with van der Waals surface area (Å²) in [6.07, 6.45) is -3.66. The van der Waals surface area contributed by atoms with Crippen molar-refractivity contribution in [1.29, 1.82) is 0 Å². The van der Waals surface area contributed by atoms with Crippen molar-refractivity contribution in [1.82, 2.24) is 10.2 Å². The molecule has 0 aliphatic carbocycles. The molecule has 2 amide bonds. The quantitative estimate of drug-likeness (QED) is 0.467. The Bertz CT molecular complexity index is 1240. The van der Waals surface area contributed by atoms with Crippen LogP contribution < -0.4 is 5.32 Å². The molecule has 3 atom stereocenters. The van der Waals surface area contributed by atoms with Crippen molar-refractivity contribution in [2.24, 2.45) is 5.92 Å². The van der Waals surface area contributed by atoms with Crippen LogP contribution in [0.4, 0.5) is 22.0 Å². The Morgan fingerprint density at radius 3 is 2.36 bits per heavy atom. The smallest absolute Gasteiger partial charge is 0.386 e. The van der Waals surface area contributed by atoms with Gasteiger partial charge in [0.15, 0.2) is 0 Å². The lowest BCUT2D eigenvalue weighted by molar-refractivity contribution is -0.140. The molecule has 2 aliphatic heterocycles. The first kappa shape index (κ1) is 28.9. The third kappa shape index (κ3) is 5.94. The summed E-state index contributed by atoms with van der Waals surface area (Å²) in [4.78, 5) is 28.6. The van der Waals surface area contributed by atoms with E-state index in [0.717, 1.165) is 0 Å². The Morgan fingerprint density at radius 1 is 1.10 bits per heavy atom. The number of amides is 2. The van der Waals surface area contributed by atoms with Gasteiger partial charge < -0.3 is 20.1 Å². The number of benzene rings is 2. The molecule has 1 unspecified atom stereocenters. The van der Waals surface area contributed by atoms with E-state index in [4.69, 9.17) is 4.74 Å². The van der Waals surface area contributed by atoms with E-state index in [0.29, 0.717) is 30.9 Å². The van der Waals surface area contributed by atoms with Crippen LogP contribution in [0, 0.1) is 17.6 Å². The van der Waals surface area contributed by atoms with Crippen LogP contribution in [-0.2, 0) is 21.3 Å². The first-order valence-corrected chi connectivity index (χ1v) is 12.8. The van der Waals surface area contributed by atoms with Gasteiger partial charge in [0.05, 0.1) is 30.4 Å². The Morgan fingerprint density at radius 2 is 1.79 bits per heavy atom. The predicted octanol–water partition coefficient (Wildman–Crippen LogP) is 5.10. The summed E-state index contributed by atoms with van der Waals surface area (Å²) in [5, 5.41) is 13.1. The molecule has 2 aromatic carbocycles. The van der Waals surface area contributed by atoms with Gasteiger partial charge in [-0.05, 0) is 62.9 Å². The fraction of sp³-hybridized carbons (Fsp3) is 0.500. The van der Waals surface area contributed by atoms with E-state index in [-0.39, 0.29) is 30.9 Å². The normalized spacial score (nSPS) is 21.0. The maximum Gasteiger partial charge on any atom is 0.419 e. The van der Waals surface area contributed by atoms with Gasteiger partial charge >= 0.3 is 6.18 Å². The van der Waals surface area contributed by atoms with Crippen LogP contribution in [0.5, 0.6) is 0 Å². The summed E-state index contributed by atoms with van der Waals surface area (Å²) in [7, 11) is 0. The highest BCUT2D eigenvalue weighted by Crippen LogP contribution is 2.37. The molecular formula is C28H31F5N2O4. The Kier molecular flexibility index (Phi) is 8.05. The van der Waals surface area contributed by atoms with E-state index < -0.39 is 64.4 Å². The molecule has 0 bridgehead atoms. The Hall–Kier alpha value is -3.05. The number of nitrogens with zero attached hydrogens (tertiary/aromatic N) is 1. The van der Waals surface area contributed by atoms with E-state index in [1.54, 1.807) is 38.1 Å². The average molecular weight is 555 g/mol. The van der Waals surface area contributed by atoms with E-state index in [1.165, 1.54) is 4.90 Å². The number of aliphatic hydroxyl groups is 1. The SMILES string of the molecule is CC[C@@H]1CC[C@H](C(=O)NC(c2cc(F)c(C(F)(F)F)cc2F)C2COC2)N1C(=O)c1cccc(C(C)(C)O)c1. The van der Waals surface area contributed by atoms with Crippen molar-refractivity contribution >= 4 is 11.8 Å². The Labute approximate surface area is 223 Å². The van der Waals surface area contributed by atoms with Gasteiger partial charge in [0.1, 0.15) is 17.7 Å². The van der Waals surface area contributed by atoms with Crippen molar-refractivity contribution in [3.63, 3.8) is 0 Å². The molecular weight excluding hydrogens is 523 g/mol. The fourth-order valence-corrected chi connectivity index (χ4v) is 5.19. The maximum absolute atomic E-state index is 14.9. The number of alkyl halides is 3. The molecule has 6 nitrogen and oxygen atoms in total. The standard InChI is InChI=1S/C28H31F5N2O4/c1-4-18-8-9-23(35(18)26(37)15-6-5-7-17(10-15)27(2,3)38)25(36)34-24(16-13-39-14-16)19-11-22(30)20(12-21(19)29)28(31,32)33/h5-7,10-12,16,18,23-24,38H,4,8-9,13-14H2,1-3H3,(H,34,36)/t18-,23-,24?/m1/s1. The summed E-state index contributed by atoms with van der Waals surface area (Å²) in [6, 6.07) is 4.70. The molecule has 0 spiro atoms. The number of ether oxygens (including phenoxy) is 1. The monoisotopic (exact) mass is 554 g/mol. The lowest BCUT2D eigenvalue weighted by Gasteiger charge is -2.36. The van der Waals surface area contributed by atoms with Crippen LogP contribution >= 0.6 is 0 Å². The molecule has 0 radical (unpaired) electrons. The number of hydrogen-bond donors (Lipinski definition) is 2. The first-order valence-electron chi connectivity index (χ1n) is 12.8. The molecule has 2 aliphatic rings. The molecule has 2 fully saturated rings. The molecule has 2 aromatic rings. The largest absolute Gasteiger partial charge is 0.419 e. The van der Waals surface area contributed by atoms with Crippen molar-refractivity contribution in [2.45, 2.75) is 69.9 Å². The first-order chi connectivity index (χ1) is 18.2. The topological polar surface area (TPSA) is 78.9 Å². The minimum absolute atomic E-state index is 0.0947. The maximum atomic E-state index is 14.9. The molecule has 0 aromatic heterocycles. The summed E-state index contributed by atoms with van der Waals surface area (Å²) < 4.78 is 73.7. The number of hydrogen-bond acceptors (Lipinski definition) is 4. The van der Waals surface area contributed by atoms with Gasteiger partial charge in [-0.2, -0.15) is 13.2 Å². The van der Waals surface area contributed by atoms with E-state index in [9.17, 15) is 36.6 Å². The second-order valence-corrected chi connectivity index (χ2v) is 10.6. The third-order valence-corrected chi connectivity index (χ3v) is 7.49. The molecule has 212 valence electrons. The summed E-state index contributed by atoms with van der Waals surface area (Å²) in [6.45, 7) is 5.26. The van der Waals surface area contributed by atoms with Crippen molar-refractivity contribution in [3.8, 4) is 0 Å². The number of carbonyl (C=O) groups is 2. The van der Waals surface area contributed by atoms with Gasteiger partial charge in [-0.15, -0.1) is 0 Å². The van der Waals surface area contributed by atoms with Gasteiger partial charge in [0.2, 0.25) is 5.91 Å². The zero-order valence-electron chi connectivity index (χ0n) is 21.8. The molecule has 39 heavy (non-hydrogen) atoms. The highest BCUT2D eigenvalue weighted by Gasteiger charge is 2.43. The van der Waals surface area contributed by atoms with Crippen molar-refractivity contribution < 1.29 is 41.4 Å². The third-order valence-electron chi connectivity index (χ3n) is 7.49. The van der Waals surface area contributed by atoms with E-state index >= 15 is 0 Å². The predicted molar refractivity (Wildman–Crippen MR) is 132 cm³/mol. The number of rotatable bonds is 7. The second kappa shape index (κ2) is 10.8. The lowest BCUT2D eigenvalue weighted by atomic mass is 9.90. The Balaban J connectivity index is 1.63. The van der Waals surface area contributed by atoms with Gasteiger partial charge in [-0.3, -0.25) is 9.59 Å². The van der Waals surface area contributed by atoms with Crippen LogP contribution in [0.25, 0.3) is 0 Å². The summed E-state index contributed by atoms with van der Waals surface area (Å²) >= 11 is 0. The highest BCUT2D eigenvalue weighted by molar-refractivity contribution is 5.98. The molecule has 11 heteroatoms. The minimum Gasteiger partial charge on any atom is -0.386 e. The fourth-order valence-electron chi connectivity index (χ4n) is 5.19. The van der Waals surface area contributed by atoms with Crippen LogP contribution in [0.2, 0.25) is 0 Å². The van der Waals surface area contributed by atoms with E-state index in [2.05, 4.69) is 5.32 Å². The van der Waals surface area contributed by atoms with Gasteiger partial charge in [-0.25, -0.2) is 8.78 Å². The minimum atomic E-state index is -5.08. The van der Waals surface area contributed by atoms with Crippen LogP contribution in [-0.4, -0.2) is 47.1 Å². The molecule has 2 N–H and O–H groups in total. The van der Waals surface area contributed by atoms with Gasteiger partial charge in [-0.1, -0.05) is 19.1 Å². The summed E-state index contributed by atoms with van der Waals surface area (Å²) in [5.41, 5.74) is -2.53. The zero-order valence-corrected chi connectivity index (χ0v) is 21.8. The highest BCUT2D eigenvalue weighted by atomic mass is 19.4. The number of likely N-dealkylation sites (tertiary alicyclic amines) is 1.